The van der Waals surface area contributed by atoms with E-state index in [4.69, 9.17) is 4.84 Å². The number of nitrogens with one attached hydrogen (secondary N) is 1. The number of benzene rings is 2. The standard InChI is InChI=1S/C13H12FNO/c14-12-8-6-11(7-9-12)10-16-15-13-4-2-1-3-5-13/h1-9,15H,10H2. The number of halogens is 1. The fourth-order valence-electron chi connectivity index (χ4n) is 1.29. The predicted octanol–water partition coefficient (Wildman–Crippen LogP) is 3.37. The molecule has 82 valence electrons. The van der Waals surface area contributed by atoms with Gasteiger partial charge in [-0.05, 0) is 29.8 Å². The van der Waals surface area contributed by atoms with Crippen molar-refractivity contribution in [2.75, 3.05) is 5.48 Å². The maximum absolute atomic E-state index is 12.6. The third-order valence-corrected chi connectivity index (χ3v) is 2.12. The minimum absolute atomic E-state index is 0.236. The van der Waals surface area contributed by atoms with Crippen LogP contribution < -0.4 is 5.48 Å². The normalized spacial score (nSPS) is 10.1. The van der Waals surface area contributed by atoms with Crippen LogP contribution >= 0.6 is 0 Å². The predicted molar refractivity (Wildman–Crippen MR) is 61.3 cm³/mol. The first kappa shape index (κ1) is 10.6. The molecule has 2 aromatic rings. The van der Waals surface area contributed by atoms with Crippen molar-refractivity contribution in [2.45, 2.75) is 6.61 Å². The number of hydrogen-bond donors (Lipinski definition) is 1. The zero-order chi connectivity index (χ0) is 11.2. The Morgan fingerprint density at radius 1 is 0.938 bits per heavy atom. The van der Waals surface area contributed by atoms with E-state index in [0.29, 0.717) is 6.61 Å². The lowest BCUT2D eigenvalue weighted by Crippen LogP contribution is -2.01. The molecular formula is C13H12FNO. The van der Waals surface area contributed by atoms with E-state index in [-0.39, 0.29) is 5.82 Å². The van der Waals surface area contributed by atoms with Crippen molar-refractivity contribution < 1.29 is 9.23 Å². The number of rotatable bonds is 4. The second kappa shape index (κ2) is 5.28. The van der Waals surface area contributed by atoms with Crippen LogP contribution in [0.25, 0.3) is 0 Å². The molecule has 2 rings (SSSR count). The summed E-state index contributed by atoms with van der Waals surface area (Å²) in [6, 6.07) is 15.8. The molecule has 0 radical (unpaired) electrons. The van der Waals surface area contributed by atoms with E-state index in [2.05, 4.69) is 5.48 Å². The maximum atomic E-state index is 12.6. The van der Waals surface area contributed by atoms with Crippen molar-refractivity contribution in [2.24, 2.45) is 0 Å². The van der Waals surface area contributed by atoms with Gasteiger partial charge in [0.05, 0.1) is 12.3 Å². The third kappa shape index (κ3) is 3.07. The van der Waals surface area contributed by atoms with Gasteiger partial charge in [0.1, 0.15) is 5.82 Å². The molecule has 0 aliphatic rings. The first-order valence-corrected chi connectivity index (χ1v) is 5.02. The maximum Gasteiger partial charge on any atom is 0.123 e. The minimum Gasteiger partial charge on any atom is -0.271 e. The molecule has 0 aromatic heterocycles. The average molecular weight is 217 g/mol. The molecule has 0 spiro atoms. The molecule has 0 aliphatic carbocycles. The highest BCUT2D eigenvalue weighted by molar-refractivity contribution is 5.40. The summed E-state index contributed by atoms with van der Waals surface area (Å²) in [4.78, 5) is 5.27. The number of para-hydroxylation sites is 1. The minimum atomic E-state index is -0.236. The van der Waals surface area contributed by atoms with Crippen molar-refractivity contribution in [1.29, 1.82) is 0 Å². The van der Waals surface area contributed by atoms with Gasteiger partial charge in [-0.15, -0.1) is 0 Å². The molecule has 0 saturated heterocycles. The van der Waals surface area contributed by atoms with Crippen molar-refractivity contribution >= 4 is 5.69 Å². The highest BCUT2D eigenvalue weighted by Gasteiger charge is 1.94. The summed E-state index contributed by atoms with van der Waals surface area (Å²) in [5, 5.41) is 0. The average Bonchev–Trinajstić information content (AvgIpc) is 2.33. The summed E-state index contributed by atoms with van der Waals surface area (Å²) in [5.74, 6) is -0.236. The Labute approximate surface area is 93.6 Å². The van der Waals surface area contributed by atoms with Crippen LogP contribution in [0.15, 0.2) is 54.6 Å². The van der Waals surface area contributed by atoms with Gasteiger partial charge in [-0.2, -0.15) is 0 Å². The Morgan fingerprint density at radius 3 is 2.31 bits per heavy atom. The molecule has 2 nitrogen and oxygen atoms in total. The summed E-state index contributed by atoms with van der Waals surface area (Å²) in [6.45, 7) is 0.398. The molecule has 0 fully saturated rings. The monoisotopic (exact) mass is 217 g/mol. The van der Waals surface area contributed by atoms with Gasteiger partial charge in [-0.25, -0.2) is 4.39 Å². The second-order valence-electron chi connectivity index (χ2n) is 3.38. The van der Waals surface area contributed by atoms with Crippen molar-refractivity contribution in [3.63, 3.8) is 0 Å². The highest BCUT2D eigenvalue weighted by atomic mass is 19.1. The van der Waals surface area contributed by atoms with E-state index in [9.17, 15) is 4.39 Å². The lowest BCUT2D eigenvalue weighted by Gasteiger charge is -2.06. The van der Waals surface area contributed by atoms with Crippen LogP contribution in [0.5, 0.6) is 0 Å². The van der Waals surface area contributed by atoms with Gasteiger partial charge < -0.3 is 0 Å². The van der Waals surface area contributed by atoms with Gasteiger partial charge in [-0.1, -0.05) is 30.3 Å². The molecule has 0 amide bonds. The largest absolute Gasteiger partial charge is 0.271 e. The van der Waals surface area contributed by atoms with Crippen LogP contribution in [0.4, 0.5) is 10.1 Å². The van der Waals surface area contributed by atoms with Gasteiger partial charge >= 0.3 is 0 Å². The van der Waals surface area contributed by atoms with E-state index in [1.165, 1.54) is 12.1 Å². The van der Waals surface area contributed by atoms with Crippen molar-refractivity contribution in [3.05, 3.63) is 66.0 Å². The Morgan fingerprint density at radius 2 is 1.62 bits per heavy atom. The lowest BCUT2D eigenvalue weighted by atomic mass is 10.2. The fraction of sp³-hybridized carbons (Fsp3) is 0.0769. The molecule has 1 N–H and O–H groups in total. The van der Waals surface area contributed by atoms with Crippen LogP contribution in [0.2, 0.25) is 0 Å². The first-order valence-electron chi connectivity index (χ1n) is 5.02. The van der Waals surface area contributed by atoms with Gasteiger partial charge in [0.25, 0.3) is 0 Å². The van der Waals surface area contributed by atoms with Gasteiger partial charge in [0.15, 0.2) is 0 Å². The molecule has 3 heteroatoms. The van der Waals surface area contributed by atoms with Crippen molar-refractivity contribution in [1.82, 2.24) is 0 Å². The molecule has 0 unspecified atom stereocenters. The highest BCUT2D eigenvalue weighted by Crippen LogP contribution is 2.07. The molecule has 0 bridgehead atoms. The molecule has 0 saturated carbocycles. The Kier molecular flexibility index (Phi) is 3.51. The summed E-state index contributed by atoms with van der Waals surface area (Å²) < 4.78 is 12.6. The fourth-order valence-corrected chi connectivity index (χ4v) is 1.29. The van der Waals surface area contributed by atoms with Gasteiger partial charge in [0, 0.05) is 0 Å². The summed E-state index contributed by atoms with van der Waals surface area (Å²) in [6.07, 6.45) is 0. The van der Waals surface area contributed by atoms with Crippen molar-refractivity contribution in [3.8, 4) is 0 Å². The van der Waals surface area contributed by atoms with Crippen LogP contribution in [0, 0.1) is 5.82 Å². The molecule has 0 atom stereocenters. The summed E-state index contributed by atoms with van der Waals surface area (Å²) in [5.41, 5.74) is 4.63. The topological polar surface area (TPSA) is 21.3 Å². The van der Waals surface area contributed by atoms with Gasteiger partial charge in [0.2, 0.25) is 0 Å². The number of hydrogen-bond acceptors (Lipinski definition) is 2. The SMILES string of the molecule is Fc1ccc(CONc2ccccc2)cc1. The van der Waals surface area contributed by atoms with Crippen LogP contribution in [-0.2, 0) is 11.4 Å². The molecule has 0 heterocycles. The van der Waals surface area contributed by atoms with Crippen LogP contribution in [0.3, 0.4) is 0 Å². The van der Waals surface area contributed by atoms with E-state index < -0.39 is 0 Å². The Bertz CT molecular complexity index is 427. The zero-order valence-electron chi connectivity index (χ0n) is 8.69. The Hall–Kier alpha value is -1.87. The smallest absolute Gasteiger partial charge is 0.123 e. The molecular weight excluding hydrogens is 205 g/mol. The van der Waals surface area contributed by atoms with Gasteiger partial charge in [-0.3, -0.25) is 10.3 Å². The molecule has 0 aliphatic heterocycles. The first-order chi connectivity index (χ1) is 7.84. The molecule has 16 heavy (non-hydrogen) atoms. The summed E-state index contributed by atoms with van der Waals surface area (Å²) >= 11 is 0. The third-order valence-electron chi connectivity index (χ3n) is 2.12. The van der Waals surface area contributed by atoms with E-state index >= 15 is 0 Å². The number of anilines is 1. The zero-order valence-corrected chi connectivity index (χ0v) is 8.69. The van der Waals surface area contributed by atoms with E-state index in [0.717, 1.165) is 11.3 Å². The quantitative estimate of drug-likeness (QED) is 0.793. The Balaban J connectivity index is 1.82. The molecule has 2 aromatic carbocycles. The second-order valence-corrected chi connectivity index (χ2v) is 3.38. The lowest BCUT2D eigenvalue weighted by molar-refractivity contribution is 0.180. The van der Waals surface area contributed by atoms with E-state index in [1.54, 1.807) is 12.1 Å². The van der Waals surface area contributed by atoms with Crippen LogP contribution in [-0.4, -0.2) is 0 Å². The summed E-state index contributed by atoms with van der Waals surface area (Å²) in [7, 11) is 0. The van der Waals surface area contributed by atoms with Crippen LogP contribution in [0.1, 0.15) is 5.56 Å². The van der Waals surface area contributed by atoms with E-state index in [1.807, 2.05) is 30.3 Å².